The first kappa shape index (κ1) is 14.4. The summed E-state index contributed by atoms with van der Waals surface area (Å²) in [7, 11) is -3.25. The Morgan fingerprint density at radius 1 is 1.07 bits per heavy atom. The van der Waals surface area contributed by atoms with Crippen LogP contribution in [-0.4, -0.2) is 29.2 Å². The van der Waals surface area contributed by atoms with Crippen LogP contribution in [0.2, 0.25) is 10.6 Å². The molecule has 0 aliphatic rings. The molecule has 0 aromatic carbocycles. The van der Waals surface area contributed by atoms with Crippen molar-refractivity contribution >= 4 is 24.6 Å². The normalized spacial score (nSPS) is 12.5. The zero-order chi connectivity index (χ0) is 11.4. The molecule has 84 valence electrons. The first-order chi connectivity index (χ1) is 6.20. The van der Waals surface area contributed by atoms with Crippen molar-refractivity contribution in [2.75, 3.05) is 6.26 Å². The van der Waals surface area contributed by atoms with E-state index in [1.54, 1.807) is 0 Å². The van der Waals surface area contributed by atoms with E-state index in [2.05, 4.69) is 27.7 Å². The van der Waals surface area contributed by atoms with Crippen LogP contribution in [0.25, 0.3) is 0 Å². The first-order valence-electron chi connectivity index (χ1n) is 5.09. The smallest absolute Gasteiger partial charge is 0.398 e. The van der Waals surface area contributed by atoms with Gasteiger partial charge < -0.3 is 3.23 Å². The van der Waals surface area contributed by atoms with Crippen LogP contribution in [0.1, 0.15) is 27.7 Å². The molecular formula is C9H21AlO3S. The van der Waals surface area contributed by atoms with Crippen LogP contribution in [0.5, 0.6) is 0 Å². The summed E-state index contributed by atoms with van der Waals surface area (Å²) >= 11 is -1.56. The Kier molecular flexibility index (Phi) is 6.31. The van der Waals surface area contributed by atoms with Crippen molar-refractivity contribution in [3.63, 3.8) is 0 Å². The van der Waals surface area contributed by atoms with Crippen molar-refractivity contribution in [2.45, 2.75) is 38.3 Å². The minimum absolute atomic E-state index is 0.521. The van der Waals surface area contributed by atoms with Gasteiger partial charge in [-0.25, -0.2) is 8.42 Å². The Balaban J connectivity index is 4.25. The van der Waals surface area contributed by atoms with Crippen molar-refractivity contribution in [3.8, 4) is 0 Å². The average molecular weight is 236 g/mol. The minimum atomic E-state index is -3.25. The van der Waals surface area contributed by atoms with Gasteiger partial charge in [0.2, 0.25) is 10.1 Å². The Hall–Kier alpha value is 0.442. The van der Waals surface area contributed by atoms with Crippen molar-refractivity contribution in [1.29, 1.82) is 0 Å². The van der Waals surface area contributed by atoms with E-state index in [9.17, 15) is 8.42 Å². The molecule has 0 bridgehead atoms. The molecule has 0 N–H and O–H groups in total. The summed E-state index contributed by atoms with van der Waals surface area (Å²) in [5.74, 6) is 1.04. The van der Waals surface area contributed by atoms with E-state index in [4.69, 9.17) is 3.23 Å². The zero-order valence-corrected chi connectivity index (χ0v) is 11.8. The highest BCUT2D eigenvalue weighted by atomic mass is 32.2. The van der Waals surface area contributed by atoms with Gasteiger partial charge in [0.25, 0.3) is 0 Å². The lowest BCUT2D eigenvalue weighted by Gasteiger charge is -2.14. The molecule has 0 spiro atoms. The van der Waals surface area contributed by atoms with Crippen LogP contribution in [-0.2, 0) is 13.4 Å². The largest absolute Gasteiger partial charge is 0.484 e. The van der Waals surface area contributed by atoms with Gasteiger partial charge in [-0.2, -0.15) is 0 Å². The van der Waals surface area contributed by atoms with Crippen LogP contribution < -0.4 is 0 Å². The molecule has 14 heavy (non-hydrogen) atoms. The summed E-state index contributed by atoms with van der Waals surface area (Å²) in [5.41, 5.74) is 0. The first-order valence-corrected chi connectivity index (χ1v) is 9.01. The maximum atomic E-state index is 11.0. The molecule has 0 fully saturated rings. The lowest BCUT2D eigenvalue weighted by molar-refractivity contribution is 0.483. The summed E-state index contributed by atoms with van der Waals surface area (Å²) in [6.07, 6.45) is 1.15. The number of hydrogen-bond donors (Lipinski definition) is 0. The van der Waals surface area contributed by atoms with Gasteiger partial charge in [-0.1, -0.05) is 50.1 Å². The summed E-state index contributed by atoms with van der Waals surface area (Å²) in [6, 6.07) is 0. The molecule has 0 saturated heterocycles. The van der Waals surface area contributed by atoms with Crippen LogP contribution in [0, 0.1) is 11.8 Å². The molecule has 0 rings (SSSR count). The summed E-state index contributed by atoms with van der Waals surface area (Å²) < 4.78 is 27.2. The molecule has 0 unspecified atom stereocenters. The molecule has 0 aliphatic heterocycles. The Bertz CT molecular complexity index is 237. The molecule has 3 nitrogen and oxygen atoms in total. The second-order valence-electron chi connectivity index (χ2n) is 4.68. The molecule has 0 atom stereocenters. The lowest BCUT2D eigenvalue weighted by Crippen LogP contribution is -2.25. The SMILES string of the molecule is CC(C)[CH2][Al]([CH2]C(C)C)[O]S(C)(=O)=O. The average Bonchev–Trinajstić information content (AvgIpc) is 1.77. The molecule has 0 amide bonds. The molecular weight excluding hydrogens is 215 g/mol. The van der Waals surface area contributed by atoms with Crippen LogP contribution in [0.15, 0.2) is 0 Å². The van der Waals surface area contributed by atoms with Crippen LogP contribution >= 0.6 is 0 Å². The highest BCUT2D eigenvalue weighted by molar-refractivity contribution is 7.86. The second-order valence-corrected chi connectivity index (χ2v) is 9.05. The highest BCUT2D eigenvalue weighted by Crippen LogP contribution is 2.16. The summed E-state index contributed by atoms with van der Waals surface area (Å²) in [4.78, 5) is 0. The van der Waals surface area contributed by atoms with E-state index < -0.39 is 24.6 Å². The van der Waals surface area contributed by atoms with E-state index in [0.717, 1.165) is 16.8 Å². The summed E-state index contributed by atoms with van der Waals surface area (Å²) in [6.45, 7) is 8.41. The predicted molar refractivity (Wildman–Crippen MR) is 61.0 cm³/mol. The molecule has 0 aromatic heterocycles. The van der Waals surface area contributed by atoms with Gasteiger partial charge in [-0.05, 0) is 0 Å². The fourth-order valence-electron chi connectivity index (χ4n) is 1.47. The Morgan fingerprint density at radius 2 is 1.43 bits per heavy atom. The molecule has 0 aliphatic carbocycles. The van der Waals surface area contributed by atoms with Gasteiger partial charge in [-0.15, -0.1) is 0 Å². The van der Waals surface area contributed by atoms with E-state index in [1.807, 2.05) is 0 Å². The molecule has 5 heteroatoms. The van der Waals surface area contributed by atoms with Crippen molar-refractivity contribution in [3.05, 3.63) is 0 Å². The van der Waals surface area contributed by atoms with Gasteiger partial charge in [0.15, 0.2) is 0 Å². The van der Waals surface area contributed by atoms with E-state index in [1.165, 1.54) is 0 Å². The fourth-order valence-corrected chi connectivity index (χ4v) is 6.38. The van der Waals surface area contributed by atoms with Crippen molar-refractivity contribution < 1.29 is 11.7 Å². The third-order valence-corrected chi connectivity index (χ3v) is 7.20. The van der Waals surface area contributed by atoms with E-state index in [0.29, 0.717) is 11.8 Å². The van der Waals surface area contributed by atoms with Crippen molar-refractivity contribution in [1.82, 2.24) is 0 Å². The van der Waals surface area contributed by atoms with E-state index in [-0.39, 0.29) is 0 Å². The summed E-state index contributed by atoms with van der Waals surface area (Å²) in [5, 5.41) is 1.87. The molecule has 0 heterocycles. The second kappa shape index (κ2) is 6.12. The van der Waals surface area contributed by atoms with Gasteiger partial charge in [-0.3, -0.25) is 0 Å². The molecule has 0 aromatic rings. The third-order valence-electron chi connectivity index (χ3n) is 1.78. The standard InChI is InChI=1S/2C4H9.CH4O3S.Al/c2*1-4(2)3;1-5(2,3)4;/h2*4H,1H2,2-3H3;1H3,(H,2,3,4);/q;;;+1/p-1. The highest BCUT2D eigenvalue weighted by Gasteiger charge is 2.27. The van der Waals surface area contributed by atoms with Gasteiger partial charge in [0, 0.05) is 0 Å². The van der Waals surface area contributed by atoms with Crippen LogP contribution in [0.4, 0.5) is 0 Å². The van der Waals surface area contributed by atoms with Gasteiger partial charge in [0.1, 0.15) is 0 Å². The van der Waals surface area contributed by atoms with E-state index >= 15 is 0 Å². The number of hydrogen-bond acceptors (Lipinski definition) is 3. The maximum absolute atomic E-state index is 11.0. The lowest BCUT2D eigenvalue weighted by atomic mass is 10.3. The molecule has 0 radical (unpaired) electrons. The third kappa shape index (κ3) is 9.02. The predicted octanol–water partition coefficient (Wildman–Crippen LogP) is 2.27. The Morgan fingerprint density at radius 3 is 1.64 bits per heavy atom. The van der Waals surface area contributed by atoms with Gasteiger partial charge in [0.05, 0.1) is 6.26 Å². The van der Waals surface area contributed by atoms with Crippen molar-refractivity contribution in [2.24, 2.45) is 11.8 Å². The quantitative estimate of drug-likeness (QED) is 0.664. The number of rotatable bonds is 6. The van der Waals surface area contributed by atoms with Gasteiger partial charge >= 0.3 is 14.5 Å². The Labute approximate surface area is 92.7 Å². The molecule has 0 saturated carbocycles. The monoisotopic (exact) mass is 236 g/mol. The topological polar surface area (TPSA) is 43.4 Å². The fraction of sp³-hybridized carbons (Fsp3) is 1.00. The minimum Gasteiger partial charge on any atom is -0.398 e. The maximum Gasteiger partial charge on any atom is 0.484 e. The van der Waals surface area contributed by atoms with Crippen LogP contribution in [0.3, 0.4) is 0 Å². The zero-order valence-electron chi connectivity index (χ0n) is 9.78.